The second-order valence-electron chi connectivity index (χ2n) is 5.54. The van der Waals surface area contributed by atoms with Gasteiger partial charge in [-0.2, -0.15) is 5.10 Å². The lowest BCUT2D eigenvalue weighted by atomic mass is 10.1. The van der Waals surface area contributed by atoms with Gasteiger partial charge in [-0.1, -0.05) is 6.07 Å². The molecule has 0 amide bonds. The molecule has 1 aromatic heterocycles. The summed E-state index contributed by atoms with van der Waals surface area (Å²) in [6.45, 7) is 5.74. The van der Waals surface area contributed by atoms with Crippen molar-refractivity contribution in [2.75, 3.05) is 38.2 Å². The van der Waals surface area contributed by atoms with Crippen molar-refractivity contribution in [3.05, 3.63) is 54.2 Å². The fraction of sp³-hybridized carbons (Fsp3) is 0.333. The molecule has 0 unspecified atom stereocenters. The number of hydrogen-bond donors (Lipinski definition) is 0. The highest BCUT2D eigenvalue weighted by Crippen LogP contribution is 2.15. The van der Waals surface area contributed by atoms with E-state index in [1.807, 2.05) is 49.5 Å². The van der Waals surface area contributed by atoms with Crippen molar-refractivity contribution in [3.63, 3.8) is 0 Å². The molecule has 0 N–H and O–H groups in total. The fourth-order valence-electron chi connectivity index (χ4n) is 2.67. The van der Waals surface area contributed by atoms with E-state index in [1.165, 1.54) is 0 Å². The molecule has 1 aliphatic rings. The summed E-state index contributed by atoms with van der Waals surface area (Å²) >= 11 is 0. The van der Waals surface area contributed by atoms with Crippen LogP contribution in [0.1, 0.15) is 12.5 Å². The van der Waals surface area contributed by atoms with Gasteiger partial charge in [-0.25, -0.2) is 4.98 Å². The molecule has 0 spiro atoms. The molecule has 0 saturated carbocycles. The summed E-state index contributed by atoms with van der Waals surface area (Å²) < 4.78 is 5.19. The van der Waals surface area contributed by atoms with E-state index in [-0.39, 0.29) is 0 Å². The molecule has 5 nitrogen and oxygen atoms in total. The quantitative estimate of drug-likeness (QED) is 0.814. The van der Waals surface area contributed by atoms with E-state index >= 15 is 0 Å². The number of hydrogen-bond acceptors (Lipinski definition) is 5. The van der Waals surface area contributed by atoms with Crippen molar-refractivity contribution in [3.8, 4) is 5.75 Å². The first-order valence-corrected chi connectivity index (χ1v) is 7.87. The van der Waals surface area contributed by atoms with Crippen LogP contribution in [0.3, 0.4) is 0 Å². The van der Waals surface area contributed by atoms with Gasteiger partial charge in [0, 0.05) is 19.3 Å². The predicted octanol–water partition coefficient (Wildman–Crippen LogP) is 2.64. The largest absolute Gasteiger partial charge is 0.497 e. The minimum atomic E-state index is 0.866. The standard InChI is InChI=1S/C18H22N4O/c1-15(16-6-8-17(23-2)9-7-16)20-22-13-11-21(12-14-22)18-5-3-4-10-19-18/h3-10H,11-14H2,1-2H3/b20-15+. The number of aromatic nitrogens is 1. The van der Waals surface area contributed by atoms with E-state index in [4.69, 9.17) is 9.84 Å². The number of benzene rings is 1. The molecule has 0 bridgehead atoms. The van der Waals surface area contributed by atoms with Gasteiger partial charge >= 0.3 is 0 Å². The van der Waals surface area contributed by atoms with Crippen molar-refractivity contribution >= 4 is 11.5 Å². The Morgan fingerprint density at radius 2 is 1.78 bits per heavy atom. The molecule has 1 aliphatic heterocycles. The number of piperazine rings is 1. The number of nitrogens with zero attached hydrogens (tertiary/aromatic N) is 4. The zero-order valence-corrected chi connectivity index (χ0v) is 13.6. The van der Waals surface area contributed by atoms with E-state index in [2.05, 4.69) is 21.0 Å². The molecule has 0 atom stereocenters. The molecule has 5 heteroatoms. The Kier molecular flexibility index (Phi) is 4.76. The van der Waals surface area contributed by atoms with Crippen molar-refractivity contribution in [1.82, 2.24) is 9.99 Å². The Labute approximate surface area is 137 Å². The van der Waals surface area contributed by atoms with Gasteiger partial charge in [0.2, 0.25) is 0 Å². The van der Waals surface area contributed by atoms with Crippen LogP contribution in [0.2, 0.25) is 0 Å². The molecule has 3 rings (SSSR count). The lowest BCUT2D eigenvalue weighted by Gasteiger charge is -2.34. The van der Waals surface area contributed by atoms with Gasteiger partial charge in [0.15, 0.2) is 0 Å². The molecular weight excluding hydrogens is 288 g/mol. The molecule has 1 fully saturated rings. The Bertz CT molecular complexity index is 646. The van der Waals surface area contributed by atoms with Gasteiger partial charge < -0.3 is 9.64 Å². The lowest BCUT2D eigenvalue weighted by molar-refractivity contribution is 0.270. The van der Waals surface area contributed by atoms with Crippen molar-refractivity contribution in [2.24, 2.45) is 5.10 Å². The average molecular weight is 310 g/mol. The predicted molar refractivity (Wildman–Crippen MR) is 93.2 cm³/mol. The van der Waals surface area contributed by atoms with Gasteiger partial charge in [0.25, 0.3) is 0 Å². The number of ether oxygens (including phenoxy) is 1. The number of anilines is 1. The van der Waals surface area contributed by atoms with Gasteiger partial charge in [0.05, 0.1) is 25.9 Å². The van der Waals surface area contributed by atoms with Crippen LogP contribution >= 0.6 is 0 Å². The van der Waals surface area contributed by atoms with Crippen LogP contribution in [0.5, 0.6) is 5.75 Å². The highest BCUT2D eigenvalue weighted by molar-refractivity contribution is 5.98. The molecule has 0 radical (unpaired) electrons. The molecule has 120 valence electrons. The summed E-state index contributed by atoms with van der Waals surface area (Å²) in [5, 5.41) is 6.89. The second kappa shape index (κ2) is 7.13. The number of pyridine rings is 1. The minimum Gasteiger partial charge on any atom is -0.497 e. The maximum absolute atomic E-state index is 5.19. The Balaban J connectivity index is 1.60. The van der Waals surface area contributed by atoms with Crippen molar-refractivity contribution in [1.29, 1.82) is 0 Å². The van der Waals surface area contributed by atoms with E-state index in [0.29, 0.717) is 0 Å². The van der Waals surface area contributed by atoms with Crippen LogP contribution in [0.25, 0.3) is 0 Å². The fourth-order valence-corrected chi connectivity index (χ4v) is 2.67. The highest BCUT2D eigenvalue weighted by atomic mass is 16.5. The Morgan fingerprint density at radius 3 is 2.39 bits per heavy atom. The van der Waals surface area contributed by atoms with E-state index in [1.54, 1.807) is 7.11 Å². The average Bonchev–Trinajstić information content (AvgIpc) is 2.63. The SMILES string of the molecule is COc1ccc(/C(C)=N/N2CCN(c3ccccn3)CC2)cc1. The van der Waals surface area contributed by atoms with Crippen LogP contribution in [0, 0.1) is 0 Å². The van der Waals surface area contributed by atoms with Crippen LogP contribution in [-0.2, 0) is 0 Å². The number of rotatable bonds is 4. The molecule has 1 saturated heterocycles. The topological polar surface area (TPSA) is 41.0 Å². The first-order chi connectivity index (χ1) is 11.3. The highest BCUT2D eigenvalue weighted by Gasteiger charge is 2.16. The number of methoxy groups -OCH3 is 1. The van der Waals surface area contributed by atoms with Gasteiger partial charge in [-0.15, -0.1) is 0 Å². The summed E-state index contributed by atoms with van der Waals surface area (Å²) in [4.78, 5) is 6.71. The third-order valence-electron chi connectivity index (χ3n) is 4.03. The van der Waals surface area contributed by atoms with Crippen LogP contribution in [0.15, 0.2) is 53.8 Å². The molecule has 2 aromatic rings. The third-order valence-corrected chi connectivity index (χ3v) is 4.03. The van der Waals surface area contributed by atoms with E-state index < -0.39 is 0 Å². The molecule has 23 heavy (non-hydrogen) atoms. The van der Waals surface area contributed by atoms with Crippen LogP contribution in [-0.4, -0.2) is 49.0 Å². The minimum absolute atomic E-state index is 0.866. The van der Waals surface area contributed by atoms with Gasteiger partial charge in [-0.3, -0.25) is 5.01 Å². The van der Waals surface area contributed by atoms with Crippen LogP contribution in [0.4, 0.5) is 5.82 Å². The van der Waals surface area contributed by atoms with Crippen molar-refractivity contribution < 1.29 is 4.74 Å². The normalized spacial score (nSPS) is 15.7. The zero-order chi connectivity index (χ0) is 16.1. The zero-order valence-electron chi connectivity index (χ0n) is 13.6. The molecule has 2 heterocycles. The maximum Gasteiger partial charge on any atom is 0.128 e. The summed E-state index contributed by atoms with van der Waals surface area (Å²) in [5.41, 5.74) is 2.15. The van der Waals surface area contributed by atoms with E-state index in [0.717, 1.165) is 49.0 Å². The first-order valence-electron chi connectivity index (χ1n) is 7.87. The summed E-state index contributed by atoms with van der Waals surface area (Å²) in [6, 6.07) is 14.1. The Hall–Kier alpha value is -2.56. The van der Waals surface area contributed by atoms with Crippen LogP contribution < -0.4 is 9.64 Å². The van der Waals surface area contributed by atoms with Gasteiger partial charge in [-0.05, 0) is 48.9 Å². The van der Waals surface area contributed by atoms with Gasteiger partial charge in [0.1, 0.15) is 11.6 Å². The number of hydrazone groups is 1. The summed E-state index contributed by atoms with van der Waals surface area (Å²) in [5.74, 6) is 1.91. The molecule has 0 aliphatic carbocycles. The maximum atomic E-state index is 5.19. The molecule has 1 aromatic carbocycles. The summed E-state index contributed by atoms with van der Waals surface area (Å²) in [7, 11) is 1.68. The second-order valence-corrected chi connectivity index (χ2v) is 5.54. The summed E-state index contributed by atoms with van der Waals surface area (Å²) in [6.07, 6.45) is 1.84. The lowest BCUT2D eigenvalue weighted by Crippen LogP contribution is -2.44. The molecular formula is C18H22N4O. The Morgan fingerprint density at radius 1 is 1.04 bits per heavy atom. The third kappa shape index (κ3) is 3.80. The van der Waals surface area contributed by atoms with Crippen molar-refractivity contribution in [2.45, 2.75) is 6.92 Å². The first kappa shape index (κ1) is 15.3. The van der Waals surface area contributed by atoms with E-state index in [9.17, 15) is 0 Å². The smallest absolute Gasteiger partial charge is 0.128 e. The monoisotopic (exact) mass is 310 g/mol.